The van der Waals surface area contributed by atoms with Gasteiger partial charge in [-0.3, -0.25) is 14.6 Å². The highest BCUT2D eigenvalue weighted by Crippen LogP contribution is 2.33. The number of piperidine rings is 1. The Bertz CT molecular complexity index is 1390. The van der Waals surface area contributed by atoms with E-state index in [1.807, 2.05) is 6.07 Å². The number of benzene rings is 2. The molecule has 2 aromatic carbocycles. The van der Waals surface area contributed by atoms with Crippen molar-refractivity contribution < 1.29 is 22.8 Å². The summed E-state index contributed by atoms with van der Waals surface area (Å²) in [4.78, 5) is 39.1. The van der Waals surface area contributed by atoms with E-state index in [0.29, 0.717) is 47.7 Å². The summed E-state index contributed by atoms with van der Waals surface area (Å²) in [6.45, 7) is 1.15. The molecule has 2 aliphatic rings. The van der Waals surface area contributed by atoms with Crippen LogP contribution in [0.2, 0.25) is 0 Å². The zero-order valence-corrected chi connectivity index (χ0v) is 18.9. The molecule has 0 bridgehead atoms. The summed E-state index contributed by atoms with van der Waals surface area (Å²) in [6.07, 6.45) is -2.88. The number of alkyl halides is 3. The smallest absolute Gasteiger partial charge is 0.343 e. The van der Waals surface area contributed by atoms with Gasteiger partial charge in [-0.15, -0.1) is 0 Å². The second-order valence-electron chi connectivity index (χ2n) is 8.98. The zero-order chi connectivity index (χ0) is 24.6. The summed E-state index contributed by atoms with van der Waals surface area (Å²) in [5, 5.41) is 1.19. The van der Waals surface area contributed by atoms with Crippen LogP contribution in [0.4, 0.5) is 13.2 Å². The third-order valence-electron chi connectivity index (χ3n) is 6.64. The van der Waals surface area contributed by atoms with E-state index >= 15 is 0 Å². The summed E-state index contributed by atoms with van der Waals surface area (Å²) < 4.78 is 42.0. The van der Waals surface area contributed by atoms with Crippen LogP contribution >= 0.6 is 0 Å². The first-order valence-electron chi connectivity index (χ1n) is 11.7. The second kappa shape index (κ2) is 9.24. The fourth-order valence-corrected chi connectivity index (χ4v) is 4.79. The van der Waals surface area contributed by atoms with Crippen LogP contribution in [0.3, 0.4) is 0 Å². The molecule has 7 nitrogen and oxygen atoms in total. The van der Waals surface area contributed by atoms with E-state index in [1.54, 1.807) is 47.4 Å². The fourth-order valence-electron chi connectivity index (χ4n) is 4.79. The van der Waals surface area contributed by atoms with Crippen molar-refractivity contribution in [3.8, 4) is 0 Å². The molecule has 0 radical (unpaired) electrons. The largest absolute Gasteiger partial charge is 0.449 e. The van der Waals surface area contributed by atoms with Gasteiger partial charge >= 0.3 is 6.18 Å². The van der Waals surface area contributed by atoms with E-state index in [0.717, 1.165) is 0 Å². The van der Waals surface area contributed by atoms with Crippen molar-refractivity contribution in [1.82, 2.24) is 14.5 Å². The van der Waals surface area contributed by atoms with E-state index in [-0.39, 0.29) is 37.1 Å². The van der Waals surface area contributed by atoms with Gasteiger partial charge in [0.1, 0.15) is 6.04 Å². The number of imidazole rings is 1. The van der Waals surface area contributed by atoms with Crippen LogP contribution < -0.4 is 10.7 Å². The summed E-state index contributed by atoms with van der Waals surface area (Å²) in [5.41, 5.74) is 0.788. The molecule has 10 heteroatoms. The maximum atomic E-state index is 13.6. The van der Waals surface area contributed by atoms with Crippen molar-refractivity contribution in [3.63, 3.8) is 0 Å². The minimum Gasteiger partial charge on any atom is -0.343 e. The van der Waals surface area contributed by atoms with Gasteiger partial charge in [-0.1, -0.05) is 24.3 Å². The van der Waals surface area contributed by atoms with Gasteiger partial charge < -0.3 is 9.47 Å². The molecule has 182 valence electrons. The van der Waals surface area contributed by atoms with Gasteiger partial charge in [0.05, 0.1) is 21.7 Å². The minimum absolute atomic E-state index is 0.00276. The quantitative estimate of drug-likeness (QED) is 0.560. The van der Waals surface area contributed by atoms with Crippen LogP contribution in [0, 0.1) is 5.92 Å². The fraction of sp³-hybridized carbons (Fsp3) is 0.400. The predicted octanol–water partition coefficient (Wildman–Crippen LogP) is 2.92. The Morgan fingerprint density at radius 2 is 1.69 bits per heavy atom. The van der Waals surface area contributed by atoms with E-state index in [1.165, 1.54) is 4.57 Å². The SMILES string of the molecule is O=C1N=c2ccccc2=NC1CCC(=O)N1CCC(Cn2c(C(F)(F)F)nc3ccccc32)CC1. The molecule has 0 N–H and O–H groups in total. The molecule has 2 amide bonds. The summed E-state index contributed by atoms with van der Waals surface area (Å²) >= 11 is 0. The number of hydrogen-bond acceptors (Lipinski definition) is 4. The molecule has 3 heterocycles. The third kappa shape index (κ3) is 4.82. The molecule has 0 spiro atoms. The number of hydrogen-bond donors (Lipinski definition) is 0. The molecule has 1 saturated heterocycles. The third-order valence-corrected chi connectivity index (χ3v) is 6.64. The molecule has 5 rings (SSSR count). The van der Waals surface area contributed by atoms with Crippen LogP contribution in [0.25, 0.3) is 11.0 Å². The normalized spacial score (nSPS) is 18.8. The molecule has 1 atom stereocenters. The van der Waals surface area contributed by atoms with E-state index in [4.69, 9.17) is 0 Å². The first-order valence-corrected chi connectivity index (χ1v) is 11.7. The van der Waals surface area contributed by atoms with E-state index in [2.05, 4.69) is 15.0 Å². The van der Waals surface area contributed by atoms with Crippen molar-refractivity contribution in [1.29, 1.82) is 0 Å². The molecular formula is C25H24F3N5O2. The van der Waals surface area contributed by atoms with Gasteiger partial charge in [-0.25, -0.2) is 9.98 Å². The van der Waals surface area contributed by atoms with Gasteiger partial charge in [0.25, 0.3) is 5.91 Å². The highest BCUT2D eigenvalue weighted by molar-refractivity contribution is 5.84. The number of para-hydroxylation sites is 4. The Labute approximate surface area is 199 Å². The van der Waals surface area contributed by atoms with Crippen molar-refractivity contribution in [2.75, 3.05) is 13.1 Å². The Kier molecular flexibility index (Phi) is 6.12. The number of carbonyl (C=O) groups excluding carboxylic acids is 2. The molecule has 0 aliphatic carbocycles. The van der Waals surface area contributed by atoms with Gasteiger partial charge in [0, 0.05) is 26.1 Å². The van der Waals surface area contributed by atoms with E-state index < -0.39 is 18.0 Å². The number of aromatic nitrogens is 2. The van der Waals surface area contributed by atoms with Crippen molar-refractivity contribution >= 4 is 22.8 Å². The Morgan fingerprint density at radius 3 is 2.43 bits per heavy atom. The van der Waals surface area contributed by atoms with Crippen LogP contribution in [0.15, 0.2) is 58.5 Å². The number of rotatable bonds is 5. The molecule has 1 fully saturated rings. The summed E-state index contributed by atoms with van der Waals surface area (Å²) in [6, 6.07) is 13.1. The number of amides is 2. The van der Waals surface area contributed by atoms with Gasteiger partial charge in [-0.05, 0) is 49.4 Å². The first-order chi connectivity index (χ1) is 16.8. The topological polar surface area (TPSA) is 79.9 Å². The summed E-state index contributed by atoms with van der Waals surface area (Å²) in [7, 11) is 0. The standard InChI is InChI=1S/C25H24F3N5O2/c26-25(27,28)24-31-19-7-3-4-8-21(19)33(24)15-16-11-13-32(14-12-16)22(34)10-9-20-23(35)30-18-6-2-1-5-17(18)29-20/h1-8,16,20H,9-15H2. The molecule has 3 aromatic rings. The predicted molar refractivity (Wildman–Crippen MR) is 121 cm³/mol. The number of nitrogens with zero attached hydrogens (tertiary/aromatic N) is 5. The molecule has 1 unspecified atom stereocenters. The van der Waals surface area contributed by atoms with Crippen LogP contribution in [0.5, 0.6) is 0 Å². The summed E-state index contributed by atoms with van der Waals surface area (Å²) in [5.74, 6) is -1.30. The van der Waals surface area contributed by atoms with Crippen molar-refractivity contribution in [2.45, 2.75) is 44.4 Å². The van der Waals surface area contributed by atoms with Gasteiger partial charge in [0.2, 0.25) is 11.7 Å². The average Bonchev–Trinajstić information content (AvgIpc) is 3.22. The molecule has 0 saturated carbocycles. The maximum absolute atomic E-state index is 13.6. The average molecular weight is 483 g/mol. The van der Waals surface area contributed by atoms with Crippen molar-refractivity contribution in [2.24, 2.45) is 15.9 Å². The molecule has 35 heavy (non-hydrogen) atoms. The zero-order valence-electron chi connectivity index (χ0n) is 18.9. The highest BCUT2D eigenvalue weighted by Gasteiger charge is 2.38. The number of halogens is 3. The molecule has 2 aliphatic heterocycles. The molecular weight excluding hydrogens is 459 g/mol. The lowest BCUT2D eigenvalue weighted by Crippen LogP contribution is -2.40. The van der Waals surface area contributed by atoms with Crippen molar-refractivity contribution in [3.05, 3.63) is 65.1 Å². The number of likely N-dealkylation sites (tertiary alicyclic amines) is 1. The maximum Gasteiger partial charge on any atom is 0.449 e. The lowest BCUT2D eigenvalue weighted by Gasteiger charge is -2.32. The first kappa shape index (κ1) is 23.2. The van der Waals surface area contributed by atoms with E-state index in [9.17, 15) is 22.8 Å². The highest BCUT2D eigenvalue weighted by atomic mass is 19.4. The van der Waals surface area contributed by atoms with Crippen LogP contribution in [-0.2, 0) is 22.3 Å². The Balaban J connectivity index is 1.19. The van der Waals surface area contributed by atoms with Crippen LogP contribution in [0.1, 0.15) is 31.5 Å². The Morgan fingerprint density at radius 1 is 1.00 bits per heavy atom. The minimum atomic E-state index is -4.54. The van der Waals surface area contributed by atoms with Gasteiger partial charge in [-0.2, -0.15) is 13.2 Å². The lowest BCUT2D eigenvalue weighted by atomic mass is 9.96. The number of fused-ring (bicyclic) bond motifs is 2. The second-order valence-corrected chi connectivity index (χ2v) is 8.98. The molecule has 1 aromatic heterocycles. The lowest BCUT2D eigenvalue weighted by molar-refractivity contribution is -0.147. The van der Waals surface area contributed by atoms with Gasteiger partial charge in [0.15, 0.2) is 0 Å². The number of carbonyl (C=O) groups is 2. The monoisotopic (exact) mass is 483 g/mol. The Hall–Kier alpha value is -3.56. The van der Waals surface area contributed by atoms with Crippen LogP contribution in [-0.4, -0.2) is 45.4 Å².